The van der Waals surface area contributed by atoms with Crippen LogP contribution in [0.4, 0.5) is 0 Å². The lowest BCUT2D eigenvalue weighted by molar-refractivity contribution is 0.504. The molecule has 0 heteroatoms. The topological polar surface area (TPSA) is 0 Å². The highest BCUT2D eigenvalue weighted by atomic mass is 14.1. The third-order valence-corrected chi connectivity index (χ3v) is 4.27. The van der Waals surface area contributed by atoms with Crippen LogP contribution in [0.5, 0.6) is 0 Å². The maximum absolute atomic E-state index is 3.89. The van der Waals surface area contributed by atoms with Crippen molar-refractivity contribution in [1.29, 1.82) is 0 Å². The van der Waals surface area contributed by atoms with Gasteiger partial charge in [0.2, 0.25) is 0 Å². The molecule has 0 aliphatic heterocycles. The van der Waals surface area contributed by atoms with Crippen LogP contribution in [-0.2, 0) is 0 Å². The Balaban J connectivity index is -0.000000390. The lowest BCUT2D eigenvalue weighted by Crippen LogP contribution is -1.95. The van der Waals surface area contributed by atoms with Gasteiger partial charge in [-0.25, -0.2) is 0 Å². The zero-order valence-corrected chi connectivity index (χ0v) is 21.1. The molecule has 29 heavy (non-hydrogen) atoms. The first-order valence-corrected chi connectivity index (χ1v) is 11.9. The summed E-state index contributed by atoms with van der Waals surface area (Å²) in [6.07, 6.45) is 22.7. The number of hydrogen-bond donors (Lipinski definition) is 0. The highest BCUT2D eigenvalue weighted by Crippen LogP contribution is 2.18. The minimum atomic E-state index is 0.742. The molecule has 0 aromatic heterocycles. The number of hydrogen-bond acceptors (Lipinski definition) is 0. The van der Waals surface area contributed by atoms with E-state index in [1.807, 2.05) is 39.8 Å². The average Bonchev–Trinajstić information content (AvgIpc) is 2.67. The maximum atomic E-state index is 3.89. The molecule has 0 bridgehead atoms. The minimum absolute atomic E-state index is 0.742. The fourth-order valence-corrected chi connectivity index (χ4v) is 2.84. The van der Waals surface area contributed by atoms with E-state index in [1.54, 1.807) is 0 Å². The molecule has 0 amide bonds. The van der Waals surface area contributed by atoms with Crippen LogP contribution in [0.2, 0.25) is 0 Å². The van der Waals surface area contributed by atoms with Crippen LogP contribution in [0.15, 0.2) is 61.3 Å². The first-order chi connectivity index (χ1) is 13.7. The summed E-state index contributed by atoms with van der Waals surface area (Å²) >= 11 is 0. The highest BCUT2D eigenvalue weighted by Gasteiger charge is 2.02. The van der Waals surface area contributed by atoms with E-state index in [-0.39, 0.29) is 0 Å². The first kappa shape index (κ1) is 32.4. The molecule has 0 heterocycles. The predicted molar refractivity (Wildman–Crippen MR) is 140 cm³/mol. The van der Waals surface area contributed by atoms with E-state index in [0.717, 1.165) is 18.8 Å². The van der Waals surface area contributed by atoms with Crippen LogP contribution < -0.4 is 0 Å². The number of allylic oxidation sites excluding steroid dienone is 6. The average molecular weight is 403 g/mol. The predicted octanol–water partition coefficient (Wildman–Crippen LogP) is 10.8. The molecule has 1 atom stereocenters. The van der Waals surface area contributed by atoms with Crippen LogP contribution in [0.1, 0.15) is 119 Å². The van der Waals surface area contributed by atoms with Crippen LogP contribution in [0.25, 0.3) is 0 Å². The molecule has 1 aliphatic carbocycles. The second kappa shape index (κ2) is 26.7. The number of rotatable bonds is 9. The Morgan fingerprint density at radius 2 is 1.24 bits per heavy atom. The first-order valence-electron chi connectivity index (χ1n) is 11.9. The van der Waals surface area contributed by atoms with E-state index in [4.69, 9.17) is 0 Å². The fraction of sp³-hybridized carbons (Fsp3) is 0.655. The molecule has 170 valence electrons. The van der Waals surface area contributed by atoms with Gasteiger partial charge in [0.15, 0.2) is 0 Å². The van der Waals surface area contributed by atoms with Gasteiger partial charge < -0.3 is 0 Å². The van der Waals surface area contributed by atoms with Gasteiger partial charge in [-0.15, -0.1) is 19.7 Å². The third-order valence-electron chi connectivity index (χ3n) is 4.27. The van der Waals surface area contributed by atoms with Gasteiger partial charge in [-0.3, -0.25) is 0 Å². The van der Waals surface area contributed by atoms with Crippen molar-refractivity contribution in [2.75, 3.05) is 0 Å². The van der Waals surface area contributed by atoms with Crippen LogP contribution in [0.3, 0.4) is 0 Å². The van der Waals surface area contributed by atoms with Crippen molar-refractivity contribution in [3.8, 4) is 0 Å². The van der Waals surface area contributed by atoms with Gasteiger partial charge in [0.1, 0.15) is 0 Å². The summed E-state index contributed by atoms with van der Waals surface area (Å²) in [5.41, 5.74) is 3.75. The molecule has 0 unspecified atom stereocenters. The fourth-order valence-electron chi connectivity index (χ4n) is 2.84. The quantitative estimate of drug-likeness (QED) is 0.204. The molecule has 1 fully saturated rings. The molecule has 0 aromatic carbocycles. The van der Waals surface area contributed by atoms with Gasteiger partial charge >= 0.3 is 0 Å². The molecule has 1 saturated carbocycles. The Bertz CT molecular complexity index is 386. The summed E-state index contributed by atoms with van der Waals surface area (Å²) in [6, 6.07) is 0. The van der Waals surface area contributed by atoms with E-state index in [1.165, 1.54) is 80.9 Å². The summed E-state index contributed by atoms with van der Waals surface area (Å²) < 4.78 is 0. The van der Waals surface area contributed by atoms with E-state index < -0.39 is 0 Å². The lowest BCUT2D eigenvalue weighted by Gasteiger charge is -2.10. The van der Waals surface area contributed by atoms with Gasteiger partial charge in [0, 0.05) is 0 Å². The summed E-state index contributed by atoms with van der Waals surface area (Å²) in [5, 5.41) is 0. The summed E-state index contributed by atoms with van der Waals surface area (Å²) in [4.78, 5) is 0. The third kappa shape index (κ3) is 38.0. The minimum Gasteiger partial charge on any atom is -0.103 e. The number of unbranched alkanes of at least 4 members (excludes halogenated alkanes) is 1. The molecule has 0 radical (unpaired) electrons. The molecular formula is C29H54. The van der Waals surface area contributed by atoms with Crippen molar-refractivity contribution < 1.29 is 0 Å². The zero-order chi connectivity index (χ0) is 22.9. The maximum Gasteiger partial charge on any atom is -0.0230 e. The lowest BCUT2D eigenvalue weighted by atomic mass is 9.96. The van der Waals surface area contributed by atoms with E-state index in [2.05, 4.69) is 46.2 Å². The van der Waals surface area contributed by atoms with E-state index >= 15 is 0 Å². The molecule has 1 rings (SSSR count). The zero-order valence-electron chi connectivity index (χ0n) is 21.1. The van der Waals surface area contributed by atoms with Crippen molar-refractivity contribution in [2.45, 2.75) is 119 Å². The molecule has 0 spiro atoms. The van der Waals surface area contributed by atoms with Crippen molar-refractivity contribution in [2.24, 2.45) is 5.92 Å². The molecule has 1 aliphatic rings. The standard InChI is InChI=1S/C15H26.C6H12.2C4H8/c1-5-9-10-12-15(8-4)13-14(7-3)11-6-2;1-2-4-6-5-3-1;2*1-4(2)3/h5,8,13-14H,1,4,6-7,9-12H2,2-3H3;1-6H2;2*1H2,2-3H3/b15-13+;;;/t14-;;;/m0.../s1. The van der Waals surface area contributed by atoms with Crippen LogP contribution in [0, 0.1) is 5.92 Å². The van der Waals surface area contributed by atoms with Crippen molar-refractivity contribution in [3.63, 3.8) is 0 Å². The molecule has 0 nitrogen and oxygen atoms in total. The second-order valence-corrected chi connectivity index (χ2v) is 8.62. The summed E-state index contributed by atoms with van der Waals surface area (Å²) in [7, 11) is 0. The van der Waals surface area contributed by atoms with Crippen molar-refractivity contribution in [1.82, 2.24) is 0 Å². The van der Waals surface area contributed by atoms with Crippen molar-refractivity contribution >= 4 is 0 Å². The Kier molecular flexibility index (Phi) is 29.8. The Morgan fingerprint density at radius 1 is 0.828 bits per heavy atom. The van der Waals surface area contributed by atoms with Crippen molar-refractivity contribution in [3.05, 3.63) is 61.3 Å². The Labute approximate surface area is 186 Å². The monoisotopic (exact) mass is 402 g/mol. The molecule has 0 aromatic rings. The normalized spacial score (nSPS) is 13.8. The highest BCUT2D eigenvalue weighted by molar-refractivity contribution is 5.17. The largest absolute Gasteiger partial charge is 0.103 e. The molecular weight excluding hydrogens is 348 g/mol. The van der Waals surface area contributed by atoms with Gasteiger partial charge in [-0.05, 0) is 65.7 Å². The Morgan fingerprint density at radius 3 is 1.52 bits per heavy atom. The molecule has 0 N–H and O–H groups in total. The summed E-state index contributed by atoms with van der Waals surface area (Å²) in [6.45, 7) is 27.2. The van der Waals surface area contributed by atoms with Crippen LogP contribution >= 0.6 is 0 Å². The van der Waals surface area contributed by atoms with Gasteiger partial charge in [-0.2, -0.15) is 0 Å². The van der Waals surface area contributed by atoms with Crippen LogP contribution in [-0.4, -0.2) is 0 Å². The summed E-state index contributed by atoms with van der Waals surface area (Å²) in [5.74, 6) is 0.742. The second-order valence-electron chi connectivity index (χ2n) is 8.62. The Hall–Kier alpha value is -1.30. The van der Waals surface area contributed by atoms with E-state index in [9.17, 15) is 0 Å². The van der Waals surface area contributed by atoms with E-state index in [0.29, 0.717) is 0 Å². The molecule has 0 saturated heterocycles. The SMILES string of the molecule is C1CCCCC1.C=C(C)C.C=C(C)C.C=CCCC/C(C=C)=C/[C@@H](CC)CCC. The van der Waals surface area contributed by atoms with Gasteiger partial charge in [0.05, 0.1) is 0 Å². The van der Waals surface area contributed by atoms with Gasteiger partial charge in [0.25, 0.3) is 0 Å². The van der Waals surface area contributed by atoms with Gasteiger partial charge in [-0.1, -0.05) is 100 Å². The smallest absolute Gasteiger partial charge is 0.0230 e.